The molecule has 1 fully saturated rings. The standard InChI is InChI=1S/C18H24N2O7S/c1-3-26-18(23)19-16(21)12-27-17(22)14-4-6-15(7-5-14)28(24,25)20-10-8-13(2)9-11-20/h4-7,13H,3,8-12H2,1-2H3,(H,19,21,23). The first-order valence-electron chi connectivity index (χ1n) is 8.98. The number of alkyl carbamates (subject to hydrolysis) is 1. The number of amides is 2. The molecule has 0 aliphatic carbocycles. The number of hydrogen-bond donors (Lipinski definition) is 1. The Morgan fingerprint density at radius 3 is 2.29 bits per heavy atom. The van der Waals surface area contributed by atoms with E-state index in [2.05, 4.69) is 11.7 Å². The maximum Gasteiger partial charge on any atom is 0.413 e. The number of rotatable bonds is 6. The van der Waals surface area contributed by atoms with Gasteiger partial charge in [0.25, 0.3) is 5.91 Å². The highest BCUT2D eigenvalue weighted by Gasteiger charge is 2.28. The Morgan fingerprint density at radius 2 is 1.71 bits per heavy atom. The summed E-state index contributed by atoms with van der Waals surface area (Å²) in [5.74, 6) is -1.13. The molecule has 9 nitrogen and oxygen atoms in total. The van der Waals surface area contributed by atoms with Crippen LogP contribution in [0.25, 0.3) is 0 Å². The molecule has 1 heterocycles. The number of carbonyl (C=O) groups excluding carboxylic acids is 3. The van der Waals surface area contributed by atoms with E-state index < -0.39 is 34.6 Å². The van der Waals surface area contributed by atoms with Crippen LogP contribution in [0.15, 0.2) is 29.2 Å². The lowest BCUT2D eigenvalue weighted by molar-refractivity contribution is -0.123. The number of esters is 1. The van der Waals surface area contributed by atoms with Gasteiger partial charge in [-0.1, -0.05) is 6.92 Å². The maximum absolute atomic E-state index is 12.7. The molecule has 1 aliphatic heterocycles. The fourth-order valence-corrected chi connectivity index (χ4v) is 4.14. The van der Waals surface area contributed by atoms with E-state index >= 15 is 0 Å². The summed E-state index contributed by atoms with van der Waals surface area (Å²) in [5.41, 5.74) is 0.0927. The highest BCUT2D eigenvalue weighted by molar-refractivity contribution is 7.89. The summed E-state index contributed by atoms with van der Waals surface area (Å²) < 4.78 is 36.1. The van der Waals surface area contributed by atoms with Crippen molar-refractivity contribution in [2.24, 2.45) is 5.92 Å². The molecule has 154 valence electrons. The van der Waals surface area contributed by atoms with Crippen LogP contribution in [0.1, 0.15) is 37.0 Å². The first kappa shape index (κ1) is 21.8. The predicted octanol–water partition coefficient (Wildman–Crippen LogP) is 1.54. The second-order valence-corrected chi connectivity index (χ2v) is 8.39. The van der Waals surface area contributed by atoms with E-state index in [1.54, 1.807) is 6.92 Å². The van der Waals surface area contributed by atoms with Gasteiger partial charge < -0.3 is 9.47 Å². The molecular weight excluding hydrogens is 388 g/mol. The highest BCUT2D eigenvalue weighted by atomic mass is 32.2. The number of ether oxygens (including phenoxy) is 2. The van der Waals surface area contributed by atoms with Gasteiger partial charge >= 0.3 is 12.1 Å². The van der Waals surface area contributed by atoms with Crippen LogP contribution < -0.4 is 5.32 Å². The summed E-state index contributed by atoms with van der Waals surface area (Å²) in [6, 6.07) is 5.32. The Morgan fingerprint density at radius 1 is 1.11 bits per heavy atom. The van der Waals surface area contributed by atoms with Crippen LogP contribution in [-0.4, -0.2) is 57.0 Å². The largest absolute Gasteiger partial charge is 0.452 e. The Labute approximate surface area is 164 Å². The minimum atomic E-state index is -3.61. The van der Waals surface area contributed by atoms with Crippen molar-refractivity contribution in [3.8, 4) is 0 Å². The maximum atomic E-state index is 12.7. The number of nitrogens with one attached hydrogen (secondary N) is 1. The summed E-state index contributed by atoms with van der Waals surface area (Å²) in [5, 5.41) is 1.89. The third-order valence-electron chi connectivity index (χ3n) is 4.32. The summed E-state index contributed by atoms with van der Waals surface area (Å²) in [6.07, 6.45) is 0.708. The van der Waals surface area contributed by atoms with Crippen molar-refractivity contribution in [2.45, 2.75) is 31.6 Å². The van der Waals surface area contributed by atoms with Crippen LogP contribution in [0.4, 0.5) is 4.79 Å². The minimum absolute atomic E-state index is 0.0927. The number of carbonyl (C=O) groups is 3. The smallest absolute Gasteiger partial charge is 0.413 e. The molecule has 1 aromatic carbocycles. The van der Waals surface area contributed by atoms with Gasteiger partial charge in [0.2, 0.25) is 10.0 Å². The molecule has 0 radical (unpaired) electrons. The third kappa shape index (κ3) is 5.77. The lowest BCUT2D eigenvalue weighted by Gasteiger charge is -2.29. The molecule has 2 amide bonds. The van der Waals surface area contributed by atoms with Crippen LogP contribution in [0.3, 0.4) is 0 Å². The van der Waals surface area contributed by atoms with Gasteiger partial charge in [0.1, 0.15) is 0 Å². The van der Waals surface area contributed by atoms with Crippen LogP contribution >= 0.6 is 0 Å². The van der Waals surface area contributed by atoms with Crippen LogP contribution in [0, 0.1) is 5.92 Å². The molecule has 28 heavy (non-hydrogen) atoms. The number of nitrogens with zero attached hydrogens (tertiary/aromatic N) is 1. The van der Waals surface area contributed by atoms with Crippen molar-refractivity contribution >= 4 is 28.0 Å². The zero-order chi connectivity index (χ0) is 20.7. The first-order chi connectivity index (χ1) is 13.2. The average Bonchev–Trinajstić information content (AvgIpc) is 2.66. The summed E-state index contributed by atoms with van der Waals surface area (Å²) in [4.78, 5) is 34.6. The Kier molecular flexibility index (Phi) is 7.53. The molecule has 1 aliphatic rings. The lowest BCUT2D eigenvalue weighted by atomic mass is 10.0. The average molecular weight is 412 g/mol. The molecular formula is C18H24N2O7S. The summed E-state index contributed by atoms with van der Waals surface area (Å²) >= 11 is 0. The van der Waals surface area contributed by atoms with Crippen molar-refractivity contribution in [2.75, 3.05) is 26.3 Å². The SMILES string of the molecule is CCOC(=O)NC(=O)COC(=O)c1ccc(S(=O)(=O)N2CCC(C)CC2)cc1. The van der Waals surface area contributed by atoms with Crippen molar-refractivity contribution in [3.63, 3.8) is 0 Å². The lowest BCUT2D eigenvalue weighted by Crippen LogP contribution is -2.37. The molecule has 1 saturated heterocycles. The number of imide groups is 1. The molecule has 10 heteroatoms. The van der Waals surface area contributed by atoms with Gasteiger partial charge in [0, 0.05) is 13.1 Å². The number of benzene rings is 1. The first-order valence-corrected chi connectivity index (χ1v) is 10.4. The van der Waals surface area contributed by atoms with Crippen molar-refractivity contribution in [3.05, 3.63) is 29.8 Å². The van der Waals surface area contributed by atoms with E-state index in [0.717, 1.165) is 12.8 Å². The van der Waals surface area contributed by atoms with Gasteiger partial charge in [-0.05, 0) is 49.9 Å². The summed E-state index contributed by atoms with van der Waals surface area (Å²) in [6.45, 7) is 4.07. The van der Waals surface area contributed by atoms with Crippen LogP contribution in [0.5, 0.6) is 0 Å². The normalized spacial score (nSPS) is 15.6. The van der Waals surface area contributed by atoms with Gasteiger partial charge in [-0.2, -0.15) is 4.31 Å². The van der Waals surface area contributed by atoms with E-state index in [-0.39, 0.29) is 17.1 Å². The van der Waals surface area contributed by atoms with Crippen molar-refractivity contribution in [1.29, 1.82) is 0 Å². The van der Waals surface area contributed by atoms with E-state index in [1.165, 1.54) is 28.6 Å². The number of piperidine rings is 1. The molecule has 0 spiro atoms. The van der Waals surface area contributed by atoms with E-state index in [4.69, 9.17) is 4.74 Å². The van der Waals surface area contributed by atoms with Gasteiger partial charge in [-0.3, -0.25) is 10.1 Å². The molecule has 2 rings (SSSR count). The second-order valence-electron chi connectivity index (χ2n) is 6.46. The summed E-state index contributed by atoms with van der Waals surface area (Å²) in [7, 11) is -3.61. The highest BCUT2D eigenvalue weighted by Crippen LogP contribution is 2.23. The van der Waals surface area contributed by atoms with Gasteiger partial charge in [0.15, 0.2) is 6.61 Å². The van der Waals surface area contributed by atoms with E-state index in [1.807, 2.05) is 5.32 Å². The fourth-order valence-electron chi connectivity index (χ4n) is 2.67. The van der Waals surface area contributed by atoms with Gasteiger partial charge in [-0.25, -0.2) is 18.0 Å². The quantitative estimate of drug-likeness (QED) is 0.704. The zero-order valence-electron chi connectivity index (χ0n) is 15.8. The molecule has 0 bridgehead atoms. The van der Waals surface area contributed by atoms with Crippen molar-refractivity contribution in [1.82, 2.24) is 9.62 Å². The molecule has 0 atom stereocenters. The van der Waals surface area contributed by atoms with Crippen LogP contribution in [-0.2, 0) is 24.3 Å². The predicted molar refractivity (Wildman–Crippen MR) is 99.0 cm³/mol. The van der Waals surface area contributed by atoms with Crippen molar-refractivity contribution < 1.29 is 32.3 Å². The van der Waals surface area contributed by atoms with Crippen LogP contribution in [0.2, 0.25) is 0 Å². The number of hydrogen-bond acceptors (Lipinski definition) is 7. The number of sulfonamides is 1. The molecule has 0 unspecified atom stereocenters. The minimum Gasteiger partial charge on any atom is -0.452 e. The Bertz CT molecular complexity index is 813. The Hall–Kier alpha value is -2.46. The molecule has 0 aromatic heterocycles. The third-order valence-corrected chi connectivity index (χ3v) is 6.23. The Balaban J connectivity index is 1.93. The van der Waals surface area contributed by atoms with E-state index in [0.29, 0.717) is 19.0 Å². The second kappa shape index (κ2) is 9.65. The zero-order valence-corrected chi connectivity index (χ0v) is 16.7. The monoisotopic (exact) mass is 412 g/mol. The fraction of sp³-hybridized carbons (Fsp3) is 0.500. The van der Waals surface area contributed by atoms with Gasteiger partial charge in [0.05, 0.1) is 17.1 Å². The topological polar surface area (TPSA) is 119 Å². The molecule has 1 N–H and O–H groups in total. The molecule has 0 saturated carbocycles. The van der Waals surface area contributed by atoms with E-state index in [9.17, 15) is 22.8 Å². The van der Waals surface area contributed by atoms with Gasteiger partial charge in [-0.15, -0.1) is 0 Å². The molecule has 1 aromatic rings.